The Morgan fingerprint density at radius 1 is 1.27 bits per heavy atom. The van der Waals surface area contributed by atoms with Crippen LogP contribution in [0.15, 0.2) is 0 Å². The number of carbonyl (C=O) groups is 1. The van der Waals surface area contributed by atoms with Gasteiger partial charge in [0.2, 0.25) is 0 Å². The molecule has 0 aromatic carbocycles. The summed E-state index contributed by atoms with van der Waals surface area (Å²) < 4.78 is 5.40. The number of ether oxygens (including phenoxy) is 1. The maximum absolute atomic E-state index is 12.0. The molecule has 1 rings (SSSR count). The standard InChI is InChI=1S/C17H34N2O3/c1-6-13(7-2)15(20)12-18-14-8-10-19(11-9-14)16(21)22-17(3,4)5/h13-15,18,20H,6-12H2,1-5H3. The second-order valence-corrected chi connectivity index (χ2v) is 7.29. The van der Waals surface area contributed by atoms with Crippen molar-refractivity contribution in [3.63, 3.8) is 0 Å². The number of carbonyl (C=O) groups excluding carboxylic acids is 1. The van der Waals surface area contributed by atoms with Gasteiger partial charge < -0.3 is 20.1 Å². The molecule has 1 unspecified atom stereocenters. The molecule has 0 saturated carbocycles. The van der Waals surface area contributed by atoms with E-state index in [2.05, 4.69) is 19.2 Å². The number of nitrogens with one attached hydrogen (secondary N) is 1. The van der Waals surface area contributed by atoms with E-state index in [0.717, 1.165) is 25.7 Å². The van der Waals surface area contributed by atoms with Crippen LogP contribution in [0.4, 0.5) is 4.79 Å². The number of piperidine rings is 1. The van der Waals surface area contributed by atoms with Crippen molar-refractivity contribution >= 4 is 6.09 Å². The van der Waals surface area contributed by atoms with E-state index in [0.29, 0.717) is 31.6 Å². The van der Waals surface area contributed by atoms with E-state index in [1.807, 2.05) is 20.8 Å². The third-order valence-electron chi connectivity index (χ3n) is 4.36. The molecule has 1 fully saturated rings. The number of hydrogen-bond acceptors (Lipinski definition) is 4. The normalized spacial score (nSPS) is 18.6. The lowest BCUT2D eigenvalue weighted by atomic mass is 9.96. The minimum absolute atomic E-state index is 0.219. The molecule has 2 N–H and O–H groups in total. The first-order chi connectivity index (χ1) is 10.3. The predicted molar refractivity (Wildman–Crippen MR) is 88.9 cm³/mol. The fraction of sp³-hybridized carbons (Fsp3) is 0.941. The Labute approximate surface area is 135 Å². The van der Waals surface area contributed by atoms with E-state index in [1.165, 1.54) is 0 Å². The van der Waals surface area contributed by atoms with Crippen LogP contribution in [0.3, 0.4) is 0 Å². The van der Waals surface area contributed by atoms with Crippen molar-refractivity contribution in [1.29, 1.82) is 0 Å². The lowest BCUT2D eigenvalue weighted by Gasteiger charge is -2.34. The smallest absolute Gasteiger partial charge is 0.410 e. The highest BCUT2D eigenvalue weighted by Crippen LogP contribution is 2.17. The molecule has 0 spiro atoms. The first kappa shape index (κ1) is 19.2. The minimum Gasteiger partial charge on any atom is -0.444 e. The summed E-state index contributed by atoms with van der Waals surface area (Å²) in [4.78, 5) is 13.8. The summed E-state index contributed by atoms with van der Waals surface area (Å²) in [5.74, 6) is 0.370. The van der Waals surface area contributed by atoms with Gasteiger partial charge in [0.05, 0.1) is 6.10 Å². The number of aliphatic hydroxyl groups excluding tert-OH is 1. The van der Waals surface area contributed by atoms with E-state index in [9.17, 15) is 9.90 Å². The molecular weight excluding hydrogens is 280 g/mol. The molecule has 5 heteroatoms. The largest absolute Gasteiger partial charge is 0.444 e. The quantitative estimate of drug-likeness (QED) is 0.791. The predicted octanol–water partition coefficient (Wildman–Crippen LogP) is 2.77. The zero-order valence-electron chi connectivity index (χ0n) is 14.9. The molecule has 1 amide bonds. The third kappa shape index (κ3) is 6.53. The van der Waals surface area contributed by atoms with Crippen LogP contribution >= 0.6 is 0 Å². The average Bonchev–Trinajstić information content (AvgIpc) is 2.45. The molecule has 0 aliphatic carbocycles. The van der Waals surface area contributed by atoms with Crippen LogP contribution in [0.25, 0.3) is 0 Å². The van der Waals surface area contributed by atoms with E-state index >= 15 is 0 Å². The van der Waals surface area contributed by atoms with Crippen LogP contribution in [0, 0.1) is 5.92 Å². The van der Waals surface area contributed by atoms with Crippen molar-refractivity contribution in [2.45, 2.75) is 78.0 Å². The summed E-state index contributed by atoms with van der Waals surface area (Å²) in [6, 6.07) is 0.377. The highest BCUT2D eigenvalue weighted by molar-refractivity contribution is 5.68. The molecule has 1 atom stereocenters. The number of hydrogen-bond donors (Lipinski definition) is 2. The van der Waals surface area contributed by atoms with Gasteiger partial charge in [-0.2, -0.15) is 0 Å². The van der Waals surface area contributed by atoms with Crippen molar-refractivity contribution in [3.05, 3.63) is 0 Å². The second kappa shape index (κ2) is 8.73. The SMILES string of the molecule is CCC(CC)C(O)CNC1CCN(C(=O)OC(C)(C)C)CC1. The lowest BCUT2D eigenvalue weighted by Crippen LogP contribution is -2.48. The van der Waals surface area contributed by atoms with Crippen LogP contribution in [-0.2, 0) is 4.74 Å². The summed E-state index contributed by atoms with van der Waals surface area (Å²) in [6.07, 6.45) is 3.35. The van der Waals surface area contributed by atoms with Crippen molar-refractivity contribution in [1.82, 2.24) is 10.2 Å². The van der Waals surface area contributed by atoms with Crippen LogP contribution in [0.2, 0.25) is 0 Å². The van der Waals surface area contributed by atoms with Gasteiger partial charge in [-0.3, -0.25) is 0 Å². The van der Waals surface area contributed by atoms with Gasteiger partial charge in [-0.05, 0) is 39.5 Å². The molecule has 0 radical (unpaired) electrons. The van der Waals surface area contributed by atoms with Crippen LogP contribution in [0.1, 0.15) is 60.3 Å². The lowest BCUT2D eigenvalue weighted by molar-refractivity contribution is 0.0190. The van der Waals surface area contributed by atoms with Gasteiger partial charge in [0, 0.05) is 25.7 Å². The third-order valence-corrected chi connectivity index (χ3v) is 4.36. The van der Waals surface area contributed by atoms with E-state index in [4.69, 9.17) is 4.74 Å². The summed E-state index contributed by atoms with van der Waals surface area (Å²) in [7, 11) is 0. The average molecular weight is 314 g/mol. The molecule has 1 saturated heterocycles. The first-order valence-electron chi connectivity index (χ1n) is 8.66. The van der Waals surface area contributed by atoms with Crippen molar-refractivity contribution < 1.29 is 14.6 Å². The molecule has 5 nitrogen and oxygen atoms in total. The van der Waals surface area contributed by atoms with Crippen molar-refractivity contribution in [2.75, 3.05) is 19.6 Å². The molecule has 130 valence electrons. The Morgan fingerprint density at radius 3 is 2.27 bits per heavy atom. The highest BCUT2D eigenvalue weighted by atomic mass is 16.6. The maximum Gasteiger partial charge on any atom is 0.410 e. The van der Waals surface area contributed by atoms with Gasteiger partial charge in [-0.25, -0.2) is 4.79 Å². The second-order valence-electron chi connectivity index (χ2n) is 7.29. The Bertz CT molecular complexity index is 329. The van der Waals surface area contributed by atoms with Crippen LogP contribution in [0.5, 0.6) is 0 Å². The van der Waals surface area contributed by atoms with Gasteiger partial charge in [0.1, 0.15) is 5.60 Å². The zero-order valence-corrected chi connectivity index (χ0v) is 14.9. The summed E-state index contributed by atoms with van der Waals surface area (Å²) >= 11 is 0. The van der Waals surface area contributed by atoms with Crippen LogP contribution in [-0.4, -0.2) is 53.5 Å². The van der Waals surface area contributed by atoms with Gasteiger partial charge >= 0.3 is 6.09 Å². The molecule has 1 aliphatic rings. The summed E-state index contributed by atoms with van der Waals surface area (Å²) in [5.41, 5.74) is -0.439. The number of aliphatic hydroxyl groups is 1. The molecule has 22 heavy (non-hydrogen) atoms. The Hall–Kier alpha value is -0.810. The topological polar surface area (TPSA) is 61.8 Å². The number of amides is 1. The van der Waals surface area contributed by atoms with E-state index < -0.39 is 5.60 Å². The van der Waals surface area contributed by atoms with Gasteiger partial charge in [-0.15, -0.1) is 0 Å². The fourth-order valence-corrected chi connectivity index (χ4v) is 2.88. The number of nitrogens with zero attached hydrogens (tertiary/aromatic N) is 1. The van der Waals surface area contributed by atoms with E-state index in [1.54, 1.807) is 4.90 Å². The van der Waals surface area contributed by atoms with Gasteiger partial charge in [0.25, 0.3) is 0 Å². The van der Waals surface area contributed by atoms with Crippen molar-refractivity contribution in [3.8, 4) is 0 Å². The Balaban J connectivity index is 2.29. The fourth-order valence-electron chi connectivity index (χ4n) is 2.88. The minimum atomic E-state index is -0.439. The summed E-state index contributed by atoms with van der Waals surface area (Å²) in [5, 5.41) is 13.6. The number of rotatable bonds is 6. The summed E-state index contributed by atoms with van der Waals surface area (Å²) in [6.45, 7) is 12.0. The van der Waals surface area contributed by atoms with Gasteiger partial charge in [-0.1, -0.05) is 26.7 Å². The van der Waals surface area contributed by atoms with E-state index in [-0.39, 0.29) is 12.2 Å². The monoisotopic (exact) mass is 314 g/mol. The zero-order chi connectivity index (χ0) is 16.8. The Kier molecular flexibility index (Phi) is 7.63. The molecule has 0 aromatic heterocycles. The highest BCUT2D eigenvalue weighted by Gasteiger charge is 2.27. The molecule has 0 bridgehead atoms. The maximum atomic E-state index is 12.0. The molecule has 1 aliphatic heterocycles. The number of likely N-dealkylation sites (tertiary alicyclic amines) is 1. The first-order valence-corrected chi connectivity index (χ1v) is 8.66. The van der Waals surface area contributed by atoms with Crippen molar-refractivity contribution in [2.24, 2.45) is 5.92 Å². The molecule has 0 aromatic rings. The van der Waals surface area contributed by atoms with Gasteiger partial charge in [0.15, 0.2) is 0 Å². The Morgan fingerprint density at radius 2 is 1.82 bits per heavy atom. The molecular formula is C17H34N2O3. The molecule has 1 heterocycles. The van der Waals surface area contributed by atoms with Crippen LogP contribution < -0.4 is 5.32 Å².